The van der Waals surface area contributed by atoms with Crippen LogP contribution in [0.3, 0.4) is 0 Å². The number of hydrogen-bond acceptors (Lipinski definition) is 3. The maximum Gasteiger partial charge on any atom is 0.158 e. The highest BCUT2D eigenvalue weighted by Gasteiger charge is 2.34. The van der Waals surface area contributed by atoms with Crippen LogP contribution in [0.25, 0.3) is 11.2 Å². The first kappa shape index (κ1) is 11.7. The third kappa shape index (κ3) is 1.56. The van der Waals surface area contributed by atoms with Crippen LogP contribution >= 0.6 is 0 Å². The second kappa shape index (κ2) is 3.79. The average Bonchev–Trinajstić information content (AvgIpc) is 2.88. The number of rotatable bonds is 1. The molecule has 2 N–H and O–H groups in total. The molecule has 2 heterocycles. The molecule has 0 atom stereocenters. The third-order valence-electron chi connectivity index (χ3n) is 4.27. The van der Waals surface area contributed by atoms with Gasteiger partial charge in [-0.2, -0.15) is 0 Å². The monoisotopic (exact) mass is 244 g/mol. The summed E-state index contributed by atoms with van der Waals surface area (Å²) in [5, 5.41) is 0. The lowest BCUT2D eigenvalue weighted by atomic mass is 9.95. The first-order chi connectivity index (χ1) is 8.51. The Balaban J connectivity index is 2.22. The van der Waals surface area contributed by atoms with E-state index < -0.39 is 0 Å². The summed E-state index contributed by atoms with van der Waals surface area (Å²) >= 11 is 0. The van der Waals surface area contributed by atoms with E-state index in [9.17, 15) is 0 Å². The minimum atomic E-state index is -0.182. The van der Waals surface area contributed by atoms with Crippen molar-refractivity contribution in [3.05, 3.63) is 23.1 Å². The molecule has 0 amide bonds. The molecule has 96 valence electrons. The molecule has 0 aliphatic heterocycles. The molecule has 1 fully saturated rings. The summed E-state index contributed by atoms with van der Waals surface area (Å²) in [5.41, 5.74) is 11.4. The summed E-state index contributed by atoms with van der Waals surface area (Å²) in [6.07, 6.45) is 4.57. The first-order valence-electron chi connectivity index (χ1n) is 6.61. The first-order valence-corrected chi connectivity index (χ1v) is 6.61. The highest BCUT2D eigenvalue weighted by molar-refractivity contribution is 5.73. The lowest BCUT2D eigenvalue weighted by Gasteiger charge is -2.24. The molecule has 0 unspecified atom stereocenters. The standard InChI is InChI=1S/C14H20N4/c1-9-10(2)17-13-11(16-9)8-12(18(13)3)14(15)6-4-5-7-14/h8H,4-7,15H2,1-3H3. The van der Waals surface area contributed by atoms with Crippen molar-refractivity contribution in [2.45, 2.75) is 45.1 Å². The van der Waals surface area contributed by atoms with Gasteiger partial charge in [-0.25, -0.2) is 9.97 Å². The lowest BCUT2D eigenvalue weighted by Crippen LogP contribution is -2.35. The van der Waals surface area contributed by atoms with Crippen molar-refractivity contribution in [3.8, 4) is 0 Å². The quantitative estimate of drug-likeness (QED) is 0.837. The van der Waals surface area contributed by atoms with Gasteiger partial charge in [0.05, 0.1) is 16.9 Å². The van der Waals surface area contributed by atoms with Crippen LogP contribution in [0.5, 0.6) is 0 Å². The smallest absolute Gasteiger partial charge is 0.158 e. The predicted molar refractivity (Wildman–Crippen MR) is 72.3 cm³/mol. The molecule has 2 aromatic rings. The molecule has 2 aromatic heterocycles. The Kier molecular flexibility index (Phi) is 2.45. The van der Waals surface area contributed by atoms with E-state index in [2.05, 4.69) is 20.6 Å². The molecule has 4 heteroatoms. The number of aromatic nitrogens is 3. The molecular formula is C14H20N4. The Labute approximate surface area is 107 Å². The van der Waals surface area contributed by atoms with Crippen molar-refractivity contribution >= 4 is 11.2 Å². The summed E-state index contributed by atoms with van der Waals surface area (Å²) in [6.45, 7) is 4.00. The fraction of sp³-hybridized carbons (Fsp3) is 0.571. The zero-order valence-electron chi connectivity index (χ0n) is 11.3. The molecule has 0 aromatic carbocycles. The number of fused-ring (bicyclic) bond motifs is 1. The summed E-state index contributed by atoms with van der Waals surface area (Å²) in [5.74, 6) is 0. The molecule has 0 spiro atoms. The molecule has 1 saturated carbocycles. The normalized spacial score (nSPS) is 18.7. The van der Waals surface area contributed by atoms with Gasteiger partial charge in [-0.1, -0.05) is 12.8 Å². The van der Waals surface area contributed by atoms with Crippen LogP contribution in [0.1, 0.15) is 42.8 Å². The third-order valence-corrected chi connectivity index (χ3v) is 4.27. The van der Waals surface area contributed by atoms with Crippen molar-refractivity contribution in [1.82, 2.24) is 14.5 Å². The van der Waals surface area contributed by atoms with E-state index in [1.54, 1.807) is 0 Å². The van der Waals surface area contributed by atoms with E-state index in [1.165, 1.54) is 18.5 Å². The summed E-state index contributed by atoms with van der Waals surface area (Å²) in [6, 6.07) is 2.13. The fourth-order valence-electron chi connectivity index (χ4n) is 3.03. The average molecular weight is 244 g/mol. The molecule has 18 heavy (non-hydrogen) atoms. The van der Waals surface area contributed by atoms with Gasteiger partial charge < -0.3 is 10.3 Å². The van der Waals surface area contributed by atoms with Gasteiger partial charge in [-0.05, 0) is 32.8 Å². The molecule has 0 saturated heterocycles. The Morgan fingerprint density at radius 3 is 2.44 bits per heavy atom. The van der Waals surface area contributed by atoms with E-state index in [0.29, 0.717) is 0 Å². The van der Waals surface area contributed by atoms with Crippen LogP contribution < -0.4 is 5.73 Å². The van der Waals surface area contributed by atoms with Crippen LogP contribution in [-0.2, 0) is 12.6 Å². The molecule has 0 radical (unpaired) electrons. The van der Waals surface area contributed by atoms with Crippen LogP contribution in [0.15, 0.2) is 6.07 Å². The zero-order valence-corrected chi connectivity index (χ0v) is 11.3. The number of nitrogens with two attached hydrogens (primary N) is 1. The van der Waals surface area contributed by atoms with Crippen molar-refractivity contribution < 1.29 is 0 Å². The second-order valence-corrected chi connectivity index (χ2v) is 5.56. The molecule has 1 aliphatic rings. The van der Waals surface area contributed by atoms with Crippen LogP contribution in [0, 0.1) is 13.8 Å². The van der Waals surface area contributed by atoms with Gasteiger partial charge in [-0.3, -0.25) is 0 Å². The van der Waals surface area contributed by atoms with Crippen molar-refractivity contribution in [2.75, 3.05) is 0 Å². The Morgan fingerprint density at radius 2 is 1.78 bits per heavy atom. The van der Waals surface area contributed by atoms with Gasteiger partial charge in [0, 0.05) is 12.7 Å². The van der Waals surface area contributed by atoms with E-state index in [4.69, 9.17) is 5.73 Å². The number of aryl methyl sites for hydroxylation is 3. The largest absolute Gasteiger partial charge is 0.329 e. The Bertz CT molecular complexity index is 606. The SMILES string of the molecule is Cc1nc2cc(C3(N)CCCC3)n(C)c2nc1C. The minimum Gasteiger partial charge on any atom is -0.329 e. The van der Waals surface area contributed by atoms with Gasteiger partial charge in [0.15, 0.2) is 5.65 Å². The zero-order chi connectivity index (χ0) is 12.9. The summed E-state index contributed by atoms with van der Waals surface area (Å²) < 4.78 is 2.13. The van der Waals surface area contributed by atoms with E-state index in [0.717, 1.165) is 35.4 Å². The van der Waals surface area contributed by atoms with Crippen LogP contribution in [0.2, 0.25) is 0 Å². The maximum atomic E-state index is 6.54. The maximum absolute atomic E-state index is 6.54. The van der Waals surface area contributed by atoms with Crippen molar-refractivity contribution in [2.24, 2.45) is 12.8 Å². The van der Waals surface area contributed by atoms with Crippen molar-refractivity contribution in [3.63, 3.8) is 0 Å². The summed E-state index contributed by atoms with van der Waals surface area (Å²) in [7, 11) is 2.05. The summed E-state index contributed by atoms with van der Waals surface area (Å²) in [4.78, 5) is 9.26. The molecular weight excluding hydrogens is 224 g/mol. The molecule has 3 rings (SSSR count). The molecule has 1 aliphatic carbocycles. The minimum absolute atomic E-state index is 0.182. The van der Waals surface area contributed by atoms with Crippen molar-refractivity contribution in [1.29, 1.82) is 0 Å². The van der Waals surface area contributed by atoms with Gasteiger partial charge >= 0.3 is 0 Å². The molecule has 4 nitrogen and oxygen atoms in total. The highest BCUT2D eigenvalue weighted by Crippen LogP contribution is 2.37. The Hall–Kier alpha value is -1.42. The lowest BCUT2D eigenvalue weighted by molar-refractivity contribution is 0.434. The number of nitrogens with zero attached hydrogens (tertiary/aromatic N) is 3. The fourth-order valence-corrected chi connectivity index (χ4v) is 3.03. The van der Waals surface area contributed by atoms with E-state index in [1.807, 2.05) is 20.9 Å². The predicted octanol–water partition coefficient (Wildman–Crippen LogP) is 2.31. The van der Waals surface area contributed by atoms with Gasteiger partial charge in [0.2, 0.25) is 0 Å². The van der Waals surface area contributed by atoms with E-state index in [-0.39, 0.29) is 5.54 Å². The highest BCUT2D eigenvalue weighted by atomic mass is 15.1. The van der Waals surface area contributed by atoms with E-state index >= 15 is 0 Å². The van der Waals surface area contributed by atoms with Crippen LogP contribution in [-0.4, -0.2) is 14.5 Å². The van der Waals surface area contributed by atoms with Gasteiger partial charge in [-0.15, -0.1) is 0 Å². The number of hydrogen-bond donors (Lipinski definition) is 1. The topological polar surface area (TPSA) is 56.7 Å². The van der Waals surface area contributed by atoms with Gasteiger partial charge in [0.1, 0.15) is 5.52 Å². The second-order valence-electron chi connectivity index (χ2n) is 5.56. The van der Waals surface area contributed by atoms with Gasteiger partial charge in [0.25, 0.3) is 0 Å². The molecule has 0 bridgehead atoms. The Morgan fingerprint density at radius 1 is 1.17 bits per heavy atom. The van der Waals surface area contributed by atoms with Crippen LogP contribution in [0.4, 0.5) is 0 Å².